The van der Waals surface area contributed by atoms with Crippen molar-refractivity contribution in [3.05, 3.63) is 0 Å². The SMILES string of the molecule is CC(C)[C@H](N)C(=O)O.NC(=O)C(=O)O. The molecular weight excluding hydrogens is 192 g/mol. The van der Waals surface area contributed by atoms with Crippen molar-refractivity contribution >= 4 is 17.8 Å². The van der Waals surface area contributed by atoms with Gasteiger partial charge in [-0.05, 0) is 5.92 Å². The summed E-state index contributed by atoms with van der Waals surface area (Å²) < 4.78 is 0. The highest BCUT2D eigenvalue weighted by atomic mass is 16.4. The number of carboxylic acid groups (broad SMARTS) is 2. The van der Waals surface area contributed by atoms with Crippen LogP contribution in [-0.4, -0.2) is 34.1 Å². The molecule has 0 rings (SSSR count). The van der Waals surface area contributed by atoms with Crippen LogP contribution in [0.3, 0.4) is 0 Å². The predicted octanol–water partition coefficient (Wildman–Crippen LogP) is -1.39. The summed E-state index contributed by atoms with van der Waals surface area (Å²) in [7, 11) is 0. The average Bonchev–Trinajstić information content (AvgIpc) is 2.03. The van der Waals surface area contributed by atoms with Gasteiger partial charge in [-0.25, -0.2) is 4.79 Å². The van der Waals surface area contributed by atoms with Crippen LogP contribution in [0.5, 0.6) is 0 Å². The molecule has 7 nitrogen and oxygen atoms in total. The van der Waals surface area contributed by atoms with Crippen LogP contribution in [0.15, 0.2) is 0 Å². The Bertz CT molecular complexity index is 214. The monoisotopic (exact) mass is 206 g/mol. The second kappa shape index (κ2) is 6.84. The Labute approximate surface area is 80.7 Å². The van der Waals surface area contributed by atoms with E-state index in [0.717, 1.165) is 0 Å². The third-order valence-corrected chi connectivity index (χ3v) is 1.21. The molecule has 0 aliphatic carbocycles. The van der Waals surface area contributed by atoms with Gasteiger partial charge in [-0.15, -0.1) is 0 Å². The number of hydrogen-bond acceptors (Lipinski definition) is 4. The summed E-state index contributed by atoms with van der Waals surface area (Å²) in [6.07, 6.45) is 0. The Morgan fingerprint density at radius 2 is 1.43 bits per heavy atom. The summed E-state index contributed by atoms with van der Waals surface area (Å²) in [4.78, 5) is 28.6. The first-order chi connectivity index (χ1) is 6.20. The predicted molar refractivity (Wildman–Crippen MR) is 47.3 cm³/mol. The third kappa shape index (κ3) is 8.47. The molecule has 0 fully saturated rings. The molecule has 7 heteroatoms. The maximum absolute atomic E-state index is 10.0. The average molecular weight is 206 g/mol. The minimum absolute atomic E-state index is 0.0208. The van der Waals surface area contributed by atoms with Gasteiger partial charge >= 0.3 is 17.8 Å². The van der Waals surface area contributed by atoms with Crippen molar-refractivity contribution in [2.75, 3.05) is 0 Å². The first kappa shape index (κ1) is 14.9. The van der Waals surface area contributed by atoms with Crippen molar-refractivity contribution < 1.29 is 24.6 Å². The Morgan fingerprint density at radius 1 is 1.14 bits per heavy atom. The first-order valence-electron chi connectivity index (χ1n) is 3.71. The van der Waals surface area contributed by atoms with Crippen molar-refractivity contribution in [1.82, 2.24) is 0 Å². The lowest BCUT2D eigenvalue weighted by atomic mass is 10.1. The van der Waals surface area contributed by atoms with E-state index in [1.165, 1.54) is 0 Å². The summed E-state index contributed by atoms with van der Waals surface area (Å²) >= 11 is 0. The summed E-state index contributed by atoms with van der Waals surface area (Å²) in [6, 6.07) is -0.713. The molecule has 0 aliphatic rings. The maximum Gasteiger partial charge on any atom is 0.394 e. The lowest BCUT2D eigenvalue weighted by Crippen LogP contribution is -2.34. The molecule has 0 aromatic heterocycles. The smallest absolute Gasteiger partial charge is 0.394 e. The van der Waals surface area contributed by atoms with Crippen molar-refractivity contribution in [1.29, 1.82) is 0 Å². The summed E-state index contributed by atoms with van der Waals surface area (Å²) in [5.41, 5.74) is 9.36. The van der Waals surface area contributed by atoms with Gasteiger partial charge in [0.2, 0.25) is 0 Å². The highest BCUT2D eigenvalue weighted by molar-refractivity contribution is 6.30. The molecule has 1 amide bonds. The summed E-state index contributed by atoms with van der Waals surface area (Å²) in [6.45, 7) is 3.55. The molecule has 0 unspecified atom stereocenters. The summed E-state index contributed by atoms with van der Waals surface area (Å²) in [5, 5.41) is 15.7. The van der Waals surface area contributed by atoms with E-state index in [4.69, 9.17) is 15.9 Å². The van der Waals surface area contributed by atoms with E-state index in [1.54, 1.807) is 13.8 Å². The molecule has 82 valence electrons. The molecule has 0 aromatic rings. The highest BCUT2D eigenvalue weighted by Crippen LogP contribution is 1.96. The zero-order valence-electron chi connectivity index (χ0n) is 7.93. The lowest BCUT2D eigenvalue weighted by Gasteiger charge is -2.07. The van der Waals surface area contributed by atoms with Crippen LogP contribution in [0.1, 0.15) is 13.8 Å². The molecule has 0 heterocycles. The van der Waals surface area contributed by atoms with E-state index in [9.17, 15) is 14.4 Å². The lowest BCUT2D eigenvalue weighted by molar-refractivity contribution is -0.148. The van der Waals surface area contributed by atoms with Crippen molar-refractivity contribution in [3.8, 4) is 0 Å². The van der Waals surface area contributed by atoms with E-state index in [0.29, 0.717) is 0 Å². The molecule has 0 aliphatic heterocycles. The zero-order chi connectivity index (χ0) is 11.9. The highest BCUT2D eigenvalue weighted by Gasteiger charge is 2.14. The van der Waals surface area contributed by atoms with E-state index < -0.39 is 23.9 Å². The molecule has 0 saturated carbocycles. The van der Waals surface area contributed by atoms with Crippen LogP contribution in [0, 0.1) is 5.92 Å². The Hall–Kier alpha value is -1.63. The number of primary amides is 1. The van der Waals surface area contributed by atoms with Gasteiger partial charge in [0.25, 0.3) is 0 Å². The molecule has 14 heavy (non-hydrogen) atoms. The number of amides is 1. The Morgan fingerprint density at radius 3 is 1.43 bits per heavy atom. The van der Waals surface area contributed by atoms with Crippen LogP contribution in [0.2, 0.25) is 0 Å². The fourth-order valence-corrected chi connectivity index (χ4v) is 0.285. The standard InChI is InChI=1S/C5H11NO2.C2H3NO3/c1-3(2)4(6)5(7)8;3-1(4)2(5)6/h3-4H,6H2,1-2H3,(H,7,8);(H2,3,4)(H,5,6)/t4-;/m0./s1. The topological polar surface area (TPSA) is 144 Å². The molecule has 0 bridgehead atoms. The number of carboxylic acids is 2. The number of aliphatic carboxylic acids is 2. The third-order valence-electron chi connectivity index (χ3n) is 1.21. The van der Waals surface area contributed by atoms with Crippen LogP contribution < -0.4 is 11.5 Å². The molecular formula is C7H14N2O5. The van der Waals surface area contributed by atoms with Gasteiger partial charge in [-0.3, -0.25) is 9.59 Å². The molecule has 0 radical (unpaired) electrons. The largest absolute Gasteiger partial charge is 0.480 e. The fraction of sp³-hybridized carbons (Fsp3) is 0.571. The zero-order valence-corrected chi connectivity index (χ0v) is 7.93. The van der Waals surface area contributed by atoms with E-state index in [-0.39, 0.29) is 5.92 Å². The van der Waals surface area contributed by atoms with Crippen LogP contribution in [-0.2, 0) is 14.4 Å². The maximum atomic E-state index is 10.0. The van der Waals surface area contributed by atoms with E-state index in [1.807, 2.05) is 0 Å². The van der Waals surface area contributed by atoms with Gasteiger partial charge in [0.05, 0.1) is 0 Å². The molecule has 0 saturated heterocycles. The number of rotatable bonds is 2. The molecule has 0 spiro atoms. The van der Waals surface area contributed by atoms with Gasteiger partial charge < -0.3 is 21.7 Å². The van der Waals surface area contributed by atoms with Crippen molar-refractivity contribution in [2.24, 2.45) is 17.4 Å². The molecule has 6 N–H and O–H groups in total. The van der Waals surface area contributed by atoms with E-state index >= 15 is 0 Å². The number of nitrogens with two attached hydrogens (primary N) is 2. The van der Waals surface area contributed by atoms with Crippen LogP contribution in [0.25, 0.3) is 0 Å². The first-order valence-corrected chi connectivity index (χ1v) is 3.71. The number of carbonyl (C=O) groups excluding carboxylic acids is 1. The van der Waals surface area contributed by atoms with Gasteiger partial charge in [-0.1, -0.05) is 13.8 Å². The fourth-order valence-electron chi connectivity index (χ4n) is 0.285. The quantitative estimate of drug-likeness (QED) is 0.409. The Balaban J connectivity index is 0. The number of hydrogen-bond donors (Lipinski definition) is 4. The van der Waals surface area contributed by atoms with Crippen molar-refractivity contribution in [2.45, 2.75) is 19.9 Å². The van der Waals surface area contributed by atoms with Crippen LogP contribution >= 0.6 is 0 Å². The van der Waals surface area contributed by atoms with Gasteiger partial charge in [0.1, 0.15) is 6.04 Å². The van der Waals surface area contributed by atoms with E-state index in [2.05, 4.69) is 5.73 Å². The minimum Gasteiger partial charge on any atom is -0.480 e. The molecule has 0 aromatic carbocycles. The second-order valence-electron chi connectivity index (χ2n) is 2.78. The van der Waals surface area contributed by atoms with Gasteiger partial charge in [-0.2, -0.15) is 0 Å². The van der Waals surface area contributed by atoms with Gasteiger partial charge in [0, 0.05) is 0 Å². The summed E-state index contributed by atoms with van der Waals surface area (Å²) in [5.74, 6) is -3.84. The Kier molecular flexibility index (Phi) is 7.27. The van der Waals surface area contributed by atoms with Crippen LogP contribution in [0.4, 0.5) is 0 Å². The van der Waals surface area contributed by atoms with Gasteiger partial charge in [0.15, 0.2) is 0 Å². The van der Waals surface area contributed by atoms with Crippen molar-refractivity contribution in [3.63, 3.8) is 0 Å². The molecule has 1 atom stereocenters. The number of carbonyl (C=O) groups is 3. The second-order valence-corrected chi connectivity index (χ2v) is 2.78. The normalized spacial score (nSPS) is 11.1. The minimum atomic E-state index is -1.60.